The summed E-state index contributed by atoms with van der Waals surface area (Å²) < 4.78 is 4.70. The molecule has 2 N–H and O–H groups in total. The summed E-state index contributed by atoms with van der Waals surface area (Å²) in [4.78, 5) is 22.6. The number of carboxylic acid groups (broad SMARTS) is 1. The predicted molar refractivity (Wildman–Crippen MR) is 79.5 cm³/mol. The summed E-state index contributed by atoms with van der Waals surface area (Å²) >= 11 is 0. The molecule has 1 aromatic carbocycles. The number of benzene rings is 1. The van der Waals surface area contributed by atoms with E-state index in [1.165, 1.54) is 7.11 Å². The first-order valence-electron chi connectivity index (χ1n) is 7.19. The first-order chi connectivity index (χ1) is 10.0. The quantitative estimate of drug-likeness (QED) is 0.834. The van der Waals surface area contributed by atoms with Crippen molar-refractivity contribution in [3.8, 4) is 0 Å². The monoisotopic (exact) mass is 291 g/mol. The molecule has 1 aliphatic rings. The van der Waals surface area contributed by atoms with Crippen molar-refractivity contribution in [3.63, 3.8) is 0 Å². The van der Waals surface area contributed by atoms with Crippen LogP contribution in [0.15, 0.2) is 18.2 Å². The van der Waals surface area contributed by atoms with Crippen molar-refractivity contribution >= 4 is 17.6 Å². The van der Waals surface area contributed by atoms with Crippen molar-refractivity contribution in [3.05, 3.63) is 29.3 Å². The third-order valence-electron chi connectivity index (χ3n) is 4.03. The van der Waals surface area contributed by atoms with E-state index in [9.17, 15) is 9.59 Å². The van der Waals surface area contributed by atoms with E-state index in [4.69, 9.17) is 9.84 Å². The molecule has 2 atom stereocenters. The van der Waals surface area contributed by atoms with E-state index in [0.29, 0.717) is 12.0 Å². The van der Waals surface area contributed by atoms with Gasteiger partial charge in [0.2, 0.25) is 0 Å². The van der Waals surface area contributed by atoms with Gasteiger partial charge >= 0.3 is 11.9 Å². The summed E-state index contributed by atoms with van der Waals surface area (Å²) in [6.45, 7) is 1.92. The molecule has 1 aliphatic carbocycles. The zero-order chi connectivity index (χ0) is 15.4. The van der Waals surface area contributed by atoms with Crippen LogP contribution < -0.4 is 5.32 Å². The highest BCUT2D eigenvalue weighted by atomic mass is 16.5. The van der Waals surface area contributed by atoms with Crippen LogP contribution in [0.5, 0.6) is 0 Å². The van der Waals surface area contributed by atoms with Gasteiger partial charge in [0.25, 0.3) is 0 Å². The van der Waals surface area contributed by atoms with Crippen LogP contribution in [-0.2, 0) is 9.53 Å². The molecule has 0 aliphatic heterocycles. The number of esters is 1. The molecule has 1 saturated carbocycles. The molecule has 0 spiro atoms. The van der Waals surface area contributed by atoms with E-state index < -0.39 is 5.97 Å². The van der Waals surface area contributed by atoms with Crippen molar-refractivity contribution < 1.29 is 19.4 Å². The summed E-state index contributed by atoms with van der Waals surface area (Å²) in [6.07, 6.45) is 3.30. The second kappa shape index (κ2) is 6.61. The molecular weight excluding hydrogens is 270 g/mol. The maximum Gasteiger partial charge on any atom is 0.337 e. The number of rotatable bonds is 4. The van der Waals surface area contributed by atoms with Crippen molar-refractivity contribution in [2.75, 3.05) is 12.4 Å². The highest BCUT2D eigenvalue weighted by Crippen LogP contribution is 2.28. The standard InChI is InChI=1S/C16H21NO4/c1-10-8-12(16(20)21-2)6-7-14(10)17-13-5-3-4-11(9-13)15(18)19/h6-8,11,13,17H,3-5,9H2,1-2H3,(H,18,19). The Bertz CT molecular complexity index is 541. The average Bonchev–Trinajstić information content (AvgIpc) is 2.48. The molecule has 0 heterocycles. The van der Waals surface area contributed by atoms with Gasteiger partial charge in [0.15, 0.2) is 0 Å². The van der Waals surface area contributed by atoms with Gasteiger partial charge in [-0.1, -0.05) is 6.42 Å². The Hall–Kier alpha value is -2.04. The first-order valence-corrected chi connectivity index (χ1v) is 7.19. The second-order valence-electron chi connectivity index (χ2n) is 5.56. The zero-order valence-corrected chi connectivity index (χ0v) is 12.4. The Balaban J connectivity index is 2.06. The van der Waals surface area contributed by atoms with Crippen LogP contribution in [-0.4, -0.2) is 30.2 Å². The lowest BCUT2D eigenvalue weighted by Crippen LogP contribution is -2.31. The van der Waals surface area contributed by atoms with E-state index in [1.54, 1.807) is 12.1 Å². The minimum absolute atomic E-state index is 0.169. The van der Waals surface area contributed by atoms with Gasteiger partial charge in [0.05, 0.1) is 18.6 Å². The van der Waals surface area contributed by atoms with E-state index in [1.807, 2.05) is 13.0 Å². The molecular formula is C16H21NO4. The predicted octanol–water partition coefficient (Wildman–Crippen LogP) is 2.84. The number of aliphatic carboxylic acids is 1. The van der Waals surface area contributed by atoms with Gasteiger partial charge in [-0.25, -0.2) is 4.79 Å². The lowest BCUT2D eigenvalue weighted by molar-refractivity contribution is -0.142. The lowest BCUT2D eigenvalue weighted by Gasteiger charge is -2.28. The molecule has 0 saturated heterocycles. The topological polar surface area (TPSA) is 75.6 Å². The zero-order valence-electron chi connectivity index (χ0n) is 12.4. The average molecular weight is 291 g/mol. The SMILES string of the molecule is COC(=O)c1ccc(NC2CCCC(C(=O)O)C2)c(C)c1. The Morgan fingerprint density at radius 2 is 2.10 bits per heavy atom. The summed E-state index contributed by atoms with van der Waals surface area (Å²) in [5, 5.41) is 12.5. The molecule has 1 fully saturated rings. The van der Waals surface area contributed by atoms with Crippen molar-refractivity contribution in [1.82, 2.24) is 0 Å². The molecule has 1 aromatic rings. The molecule has 0 aromatic heterocycles. The van der Waals surface area contributed by atoms with Crippen LogP contribution in [0.25, 0.3) is 0 Å². The first kappa shape index (κ1) is 15.4. The maximum atomic E-state index is 11.5. The van der Waals surface area contributed by atoms with Crippen LogP contribution in [0.3, 0.4) is 0 Å². The molecule has 0 amide bonds. The molecule has 2 rings (SSSR count). The number of nitrogens with one attached hydrogen (secondary N) is 1. The fourth-order valence-electron chi connectivity index (χ4n) is 2.84. The molecule has 114 valence electrons. The molecule has 0 radical (unpaired) electrons. The third kappa shape index (κ3) is 3.74. The van der Waals surface area contributed by atoms with E-state index >= 15 is 0 Å². The Morgan fingerprint density at radius 1 is 1.33 bits per heavy atom. The lowest BCUT2D eigenvalue weighted by atomic mass is 9.85. The van der Waals surface area contributed by atoms with E-state index in [-0.39, 0.29) is 17.9 Å². The Morgan fingerprint density at radius 3 is 2.71 bits per heavy atom. The van der Waals surface area contributed by atoms with Crippen LogP contribution in [0.4, 0.5) is 5.69 Å². The maximum absolute atomic E-state index is 11.5. The van der Waals surface area contributed by atoms with Crippen LogP contribution in [0, 0.1) is 12.8 Å². The number of aryl methyl sites for hydroxylation is 1. The number of anilines is 1. The molecule has 2 unspecified atom stereocenters. The van der Waals surface area contributed by atoms with Gasteiger partial charge < -0.3 is 15.2 Å². The number of ether oxygens (including phenoxy) is 1. The smallest absolute Gasteiger partial charge is 0.337 e. The number of carbonyl (C=O) groups excluding carboxylic acids is 1. The Kier molecular flexibility index (Phi) is 4.83. The van der Waals surface area contributed by atoms with Crippen molar-refractivity contribution in [1.29, 1.82) is 0 Å². The third-order valence-corrected chi connectivity index (χ3v) is 4.03. The van der Waals surface area contributed by atoms with Crippen molar-refractivity contribution in [2.45, 2.75) is 38.6 Å². The van der Waals surface area contributed by atoms with Gasteiger partial charge in [0.1, 0.15) is 0 Å². The summed E-state index contributed by atoms with van der Waals surface area (Å²) in [6, 6.07) is 5.53. The fourth-order valence-corrected chi connectivity index (χ4v) is 2.84. The van der Waals surface area contributed by atoms with Gasteiger partial charge in [-0.05, 0) is 49.9 Å². The number of hydrogen-bond acceptors (Lipinski definition) is 4. The number of carbonyl (C=O) groups is 2. The van der Waals surface area contributed by atoms with E-state index in [2.05, 4.69) is 5.32 Å². The normalized spacial score (nSPS) is 21.6. The number of hydrogen-bond donors (Lipinski definition) is 2. The minimum Gasteiger partial charge on any atom is -0.481 e. The molecule has 21 heavy (non-hydrogen) atoms. The summed E-state index contributed by atoms with van der Waals surface area (Å²) in [7, 11) is 1.36. The minimum atomic E-state index is -0.709. The largest absolute Gasteiger partial charge is 0.481 e. The number of carboxylic acids is 1. The van der Waals surface area contributed by atoms with Gasteiger partial charge in [-0.3, -0.25) is 4.79 Å². The highest BCUT2D eigenvalue weighted by molar-refractivity contribution is 5.90. The molecule has 5 nitrogen and oxygen atoms in total. The molecule has 0 bridgehead atoms. The Labute approximate surface area is 124 Å². The second-order valence-corrected chi connectivity index (χ2v) is 5.56. The fraction of sp³-hybridized carbons (Fsp3) is 0.500. The van der Waals surface area contributed by atoms with E-state index in [0.717, 1.165) is 30.5 Å². The highest BCUT2D eigenvalue weighted by Gasteiger charge is 2.27. The van der Waals surface area contributed by atoms with Crippen molar-refractivity contribution in [2.24, 2.45) is 5.92 Å². The van der Waals surface area contributed by atoms with Crippen LogP contribution in [0.2, 0.25) is 0 Å². The summed E-state index contributed by atoms with van der Waals surface area (Å²) in [5.41, 5.74) is 2.42. The summed E-state index contributed by atoms with van der Waals surface area (Å²) in [5.74, 6) is -1.32. The number of methoxy groups -OCH3 is 1. The van der Waals surface area contributed by atoms with Gasteiger partial charge in [0, 0.05) is 11.7 Å². The molecule has 5 heteroatoms. The van der Waals surface area contributed by atoms with Crippen LogP contribution in [0.1, 0.15) is 41.6 Å². The van der Waals surface area contributed by atoms with Gasteiger partial charge in [-0.15, -0.1) is 0 Å². The van der Waals surface area contributed by atoms with Crippen LogP contribution >= 0.6 is 0 Å². The van der Waals surface area contributed by atoms with Gasteiger partial charge in [-0.2, -0.15) is 0 Å².